The molecule has 3 aromatic rings. The van der Waals surface area contributed by atoms with Crippen LogP contribution < -0.4 is 4.74 Å². The molecule has 0 aliphatic rings. The molecular weight excluding hydrogens is 389 g/mol. The van der Waals surface area contributed by atoms with Gasteiger partial charge in [0.1, 0.15) is 18.2 Å². The van der Waals surface area contributed by atoms with Gasteiger partial charge in [0, 0.05) is 11.5 Å². The summed E-state index contributed by atoms with van der Waals surface area (Å²) < 4.78 is 21.3. The van der Waals surface area contributed by atoms with Crippen molar-refractivity contribution in [1.29, 1.82) is 5.26 Å². The van der Waals surface area contributed by atoms with Crippen molar-refractivity contribution in [2.75, 3.05) is 6.61 Å². The molecule has 0 atom stereocenters. The van der Waals surface area contributed by atoms with Crippen molar-refractivity contribution in [3.63, 3.8) is 0 Å². The standard InChI is InChI=1S/C18H13BrFN3O2/c1-23-15-5-3-2-4-14(15)22-18(23)12(9-21)16(24)10-25-17-7-6-11(19)8-13(17)20/h2-8,24H,10H2,1H3/b16-12-. The monoisotopic (exact) mass is 401 g/mol. The van der Waals surface area contributed by atoms with E-state index in [1.165, 1.54) is 12.1 Å². The van der Waals surface area contributed by atoms with Gasteiger partial charge in [-0.25, -0.2) is 9.37 Å². The number of nitrogens with zero attached hydrogens (tertiary/aromatic N) is 3. The first-order chi connectivity index (χ1) is 12.0. The summed E-state index contributed by atoms with van der Waals surface area (Å²) in [7, 11) is 1.75. The van der Waals surface area contributed by atoms with Crippen LogP contribution >= 0.6 is 15.9 Å². The Bertz CT molecular complexity index is 1020. The maximum atomic E-state index is 13.8. The zero-order valence-corrected chi connectivity index (χ0v) is 14.8. The molecule has 0 fully saturated rings. The van der Waals surface area contributed by atoms with Crippen LogP contribution in [0.3, 0.4) is 0 Å². The lowest BCUT2D eigenvalue weighted by molar-refractivity contribution is 0.263. The summed E-state index contributed by atoms with van der Waals surface area (Å²) >= 11 is 3.16. The average molecular weight is 402 g/mol. The maximum absolute atomic E-state index is 13.8. The molecule has 0 aliphatic heterocycles. The topological polar surface area (TPSA) is 71.1 Å². The highest BCUT2D eigenvalue weighted by atomic mass is 79.9. The molecule has 0 saturated carbocycles. The highest BCUT2D eigenvalue weighted by molar-refractivity contribution is 9.10. The SMILES string of the molecule is Cn1c(/C(C#N)=C(\O)COc2ccc(Br)cc2F)nc2ccccc21. The molecule has 0 amide bonds. The van der Waals surface area contributed by atoms with Gasteiger partial charge in [-0.15, -0.1) is 0 Å². The zero-order chi connectivity index (χ0) is 18.0. The predicted octanol–water partition coefficient (Wildman–Crippen LogP) is 4.35. The van der Waals surface area contributed by atoms with E-state index < -0.39 is 5.82 Å². The van der Waals surface area contributed by atoms with Gasteiger partial charge in [-0.3, -0.25) is 0 Å². The fraction of sp³-hybridized carbons (Fsp3) is 0.111. The fourth-order valence-corrected chi connectivity index (χ4v) is 2.76. The average Bonchev–Trinajstić information content (AvgIpc) is 2.92. The molecule has 0 radical (unpaired) electrons. The van der Waals surface area contributed by atoms with Crippen LogP contribution in [0.5, 0.6) is 5.75 Å². The molecule has 0 unspecified atom stereocenters. The number of nitriles is 1. The molecule has 1 aromatic heterocycles. The minimum Gasteiger partial charge on any atom is -0.507 e. The number of aliphatic hydroxyl groups excluding tert-OH is 1. The van der Waals surface area contributed by atoms with Crippen LogP contribution in [0.2, 0.25) is 0 Å². The number of aliphatic hydroxyl groups is 1. The van der Waals surface area contributed by atoms with Gasteiger partial charge in [0.05, 0.1) is 11.0 Å². The number of benzene rings is 2. The van der Waals surface area contributed by atoms with Crippen molar-refractivity contribution in [3.05, 3.63) is 64.3 Å². The number of imidazole rings is 1. The fourth-order valence-electron chi connectivity index (χ4n) is 2.42. The first-order valence-electron chi connectivity index (χ1n) is 7.33. The molecule has 0 bridgehead atoms. The van der Waals surface area contributed by atoms with Crippen LogP contribution in [-0.4, -0.2) is 21.3 Å². The van der Waals surface area contributed by atoms with Gasteiger partial charge in [-0.2, -0.15) is 5.26 Å². The first-order valence-corrected chi connectivity index (χ1v) is 8.12. The zero-order valence-electron chi connectivity index (χ0n) is 13.2. The summed E-state index contributed by atoms with van der Waals surface area (Å²) in [6.45, 7) is -0.343. The van der Waals surface area contributed by atoms with E-state index in [1.807, 2.05) is 30.3 Å². The van der Waals surface area contributed by atoms with E-state index in [9.17, 15) is 14.8 Å². The van der Waals surface area contributed by atoms with Crippen molar-refractivity contribution in [1.82, 2.24) is 9.55 Å². The van der Waals surface area contributed by atoms with E-state index >= 15 is 0 Å². The van der Waals surface area contributed by atoms with E-state index in [2.05, 4.69) is 20.9 Å². The Balaban J connectivity index is 1.92. The molecule has 0 spiro atoms. The summed E-state index contributed by atoms with van der Waals surface area (Å²) in [5.74, 6) is -0.579. The molecular formula is C18H13BrFN3O2. The second-order valence-electron chi connectivity index (χ2n) is 5.28. The summed E-state index contributed by atoms with van der Waals surface area (Å²) in [6, 6.07) is 13.7. The van der Waals surface area contributed by atoms with Crippen molar-refractivity contribution < 1.29 is 14.2 Å². The van der Waals surface area contributed by atoms with Crippen LogP contribution in [0.15, 0.2) is 52.7 Å². The summed E-state index contributed by atoms with van der Waals surface area (Å²) in [5.41, 5.74) is 1.52. The number of hydrogen-bond donors (Lipinski definition) is 1. The Morgan fingerprint density at radius 2 is 2.12 bits per heavy atom. The van der Waals surface area contributed by atoms with Gasteiger partial charge in [-0.05, 0) is 30.3 Å². The smallest absolute Gasteiger partial charge is 0.166 e. The molecule has 25 heavy (non-hydrogen) atoms. The third-order valence-electron chi connectivity index (χ3n) is 3.67. The van der Waals surface area contributed by atoms with Gasteiger partial charge >= 0.3 is 0 Å². The summed E-state index contributed by atoms with van der Waals surface area (Å²) in [6.07, 6.45) is 0. The molecule has 5 nitrogen and oxygen atoms in total. The normalized spacial score (nSPS) is 11.9. The van der Waals surface area contributed by atoms with Crippen molar-refractivity contribution in [3.8, 4) is 11.8 Å². The Kier molecular flexibility index (Phi) is 4.72. The number of ether oxygens (including phenoxy) is 1. The lowest BCUT2D eigenvalue weighted by Crippen LogP contribution is -2.07. The Hall–Kier alpha value is -2.85. The molecule has 3 rings (SSSR count). The number of para-hydroxylation sites is 2. The quantitative estimate of drug-likeness (QED) is 0.521. The summed E-state index contributed by atoms with van der Waals surface area (Å²) in [4.78, 5) is 4.38. The summed E-state index contributed by atoms with van der Waals surface area (Å²) in [5, 5.41) is 19.7. The first kappa shape index (κ1) is 17.0. The van der Waals surface area contributed by atoms with Crippen molar-refractivity contribution in [2.24, 2.45) is 7.05 Å². The van der Waals surface area contributed by atoms with Crippen LogP contribution in [-0.2, 0) is 7.05 Å². The van der Waals surface area contributed by atoms with Crippen molar-refractivity contribution in [2.45, 2.75) is 0 Å². The highest BCUT2D eigenvalue weighted by Crippen LogP contribution is 2.24. The Morgan fingerprint density at radius 3 is 2.80 bits per heavy atom. The lowest BCUT2D eigenvalue weighted by Gasteiger charge is -2.09. The third-order valence-corrected chi connectivity index (χ3v) is 4.16. The van der Waals surface area contributed by atoms with E-state index in [-0.39, 0.29) is 23.7 Å². The van der Waals surface area contributed by atoms with Gasteiger partial charge in [-0.1, -0.05) is 28.1 Å². The molecule has 7 heteroatoms. The molecule has 0 saturated heterocycles. The Morgan fingerprint density at radius 1 is 1.36 bits per heavy atom. The minimum absolute atomic E-state index is 0.0166. The number of fused-ring (bicyclic) bond motifs is 1. The Labute approximate surface area is 151 Å². The predicted molar refractivity (Wildman–Crippen MR) is 95.5 cm³/mol. The number of rotatable bonds is 4. The number of hydrogen-bond acceptors (Lipinski definition) is 4. The van der Waals surface area contributed by atoms with E-state index in [1.54, 1.807) is 17.7 Å². The third kappa shape index (κ3) is 3.35. The van der Waals surface area contributed by atoms with Gasteiger partial charge < -0.3 is 14.4 Å². The van der Waals surface area contributed by atoms with Crippen molar-refractivity contribution >= 4 is 32.5 Å². The number of aromatic nitrogens is 2. The van der Waals surface area contributed by atoms with Crippen LogP contribution in [0.4, 0.5) is 4.39 Å². The molecule has 1 heterocycles. The van der Waals surface area contributed by atoms with Crippen LogP contribution in [0.1, 0.15) is 5.82 Å². The van der Waals surface area contributed by atoms with Gasteiger partial charge in [0.2, 0.25) is 0 Å². The number of allylic oxidation sites excluding steroid dienone is 1. The maximum Gasteiger partial charge on any atom is 0.166 e. The number of aryl methyl sites for hydroxylation is 1. The molecule has 2 aromatic carbocycles. The van der Waals surface area contributed by atoms with E-state index in [4.69, 9.17) is 4.74 Å². The van der Waals surface area contributed by atoms with Gasteiger partial charge in [0.25, 0.3) is 0 Å². The lowest BCUT2D eigenvalue weighted by atomic mass is 10.2. The number of halogens is 2. The van der Waals surface area contributed by atoms with Crippen LogP contribution in [0.25, 0.3) is 16.6 Å². The van der Waals surface area contributed by atoms with E-state index in [0.29, 0.717) is 15.8 Å². The van der Waals surface area contributed by atoms with Gasteiger partial charge in [0.15, 0.2) is 23.2 Å². The minimum atomic E-state index is -0.566. The van der Waals surface area contributed by atoms with Crippen LogP contribution in [0, 0.1) is 17.1 Å². The highest BCUT2D eigenvalue weighted by Gasteiger charge is 2.17. The molecule has 1 N–H and O–H groups in total. The molecule has 126 valence electrons. The second-order valence-corrected chi connectivity index (χ2v) is 6.20. The van der Waals surface area contributed by atoms with E-state index in [0.717, 1.165) is 5.52 Å². The molecule has 0 aliphatic carbocycles. The second kappa shape index (κ2) is 6.95. The largest absolute Gasteiger partial charge is 0.507 e.